The van der Waals surface area contributed by atoms with Gasteiger partial charge in [-0.25, -0.2) is 0 Å². The Balaban J connectivity index is 2.11. The van der Waals surface area contributed by atoms with Crippen LogP contribution in [0.1, 0.15) is 38.3 Å². The molecule has 0 aromatic heterocycles. The van der Waals surface area contributed by atoms with Crippen LogP contribution < -0.4 is 15.4 Å². The summed E-state index contributed by atoms with van der Waals surface area (Å²) in [6, 6.07) is 8.25. The van der Waals surface area contributed by atoms with Gasteiger partial charge in [0.25, 0.3) is 5.91 Å². The number of fused-ring (bicyclic) bond motifs is 1. The van der Waals surface area contributed by atoms with E-state index in [-0.39, 0.29) is 24.6 Å². The van der Waals surface area contributed by atoms with Crippen molar-refractivity contribution in [3.05, 3.63) is 23.8 Å². The maximum atomic E-state index is 11.3. The Hall–Kier alpha value is -2.06. The predicted molar refractivity (Wildman–Crippen MR) is 76.4 cm³/mol. The van der Waals surface area contributed by atoms with Crippen LogP contribution in [0.15, 0.2) is 18.2 Å². The molecule has 106 valence electrons. The molecule has 1 aliphatic heterocycles. The van der Waals surface area contributed by atoms with E-state index < -0.39 is 0 Å². The van der Waals surface area contributed by atoms with Crippen molar-refractivity contribution in [2.24, 2.45) is 0 Å². The summed E-state index contributed by atoms with van der Waals surface area (Å²) >= 11 is 0. The zero-order chi connectivity index (χ0) is 14.5. The van der Waals surface area contributed by atoms with Crippen LogP contribution in [0.25, 0.3) is 0 Å². The van der Waals surface area contributed by atoms with Crippen LogP contribution >= 0.6 is 0 Å². The van der Waals surface area contributed by atoms with Crippen molar-refractivity contribution in [1.29, 1.82) is 5.26 Å². The van der Waals surface area contributed by atoms with E-state index in [9.17, 15) is 4.79 Å². The quantitative estimate of drug-likeness (QED) is 0.863. The van der Waals surface area contributed by atoms with Gasteiger partial charge in [-0.15, -0.1) is 0 Å². The van der Waals surface area contributed by atoms with Crippen LogP contribution in [-0.4, -0.2) is 18.6 Å². The number of carbonyl (C=O) groups is 1. The van der Waals surface area contributed by atoms with Crippen LogP contribution in [0.4, 0.5) is 5.69 Å². The molecule has 5 nitrogen and oxygen atoms in total. The molecule has 0 bridgehead atoms. The number of nitrogens with one attached hydrogen (secondary N) is 2. The molecule has 2 N–H and O–H groups in total. The van der Waals surface area contributed by atoms with Crippen molar-refractivity contribution in [1.82, 2.24) is 5.32 Å². The van der Waals surface area contributed by atoms with Gasteiger partial charge in [-0.1, -0.05) is 13.0 Å². The number of hydrogen-bond donors (Lipinski definition) is 2. The highest BCUT2D eigenvalue weighted by Crippen LogP contribution is 2.30. The van der Waals surface area contributed by atoms with E-state index in [0.29, 0.717) is 17.9 Å². The maximum absolute atomic E-state index is 11.3. The molecule has 2 unspecified atom stereocenters. The summed E-state index contributed by atoms with van der Waals surface area (Å²) in [6.07, 6.45) is 1.40. The Kier molecular flexibility index (Phi) is 4.59. The first-order chi connectivity index (χ1) is 9.63. The third kappa shape index (κ3) is 3.28. The van der Waals surface area contributed by atoms with Crippen LogP contribution in [0, 0.1) is 11.3 Å². The number of anilines is 1. The lowest BCUT2D eigenvalue weighted by Crippen LogP contribution is -2.31. The van der Waals surface area contributed by atoms with Crippen LogP contribution in [0.2, 0.25) is 0 Å². The summed E-state index contributed by atoms with van der Waals surface area (Å²) in [5.41, 5.74) is 1.77. The lowest BCUT2D eigenvalue weighted by molar-refractivity contribution is -0.118. The normalized spacial score (nSPS) is 16.4. The first-order valence-electron chi connectivity index (χ1n) is 6.83. The van der Waals surface area contributed by atoms with Crippen molar-refractivity contribution >= 4 is 11.6 Å². The molecule has 0 radical (unpaired) electrons. The van der Waals surface area contributed by atoms with Gasteiger partial charge >= 0.3 is 0 Å². The largest absolute Gasteiger partial charge is 0.482 e. The Labute approximate surface area is 118 Å². The van der Waals surface area contributed by atoms with Crippen molar-refractivity contribution in [3.63, 3.8) is 0 Å². The molecule has 0 saturated heterocycles. The van der Waals surface area contributed by atoms with E-state index in [0.717, 1.165) is 12.0 Å². The average molecular weight is 273 g/mol. The standard InChI is InChI=1S/C15H19N3O2/c1-3-12(6-7-16)17-10(2)11-4-5-14-13(8-11)18-15(19)9-20-14/h4-5,8,10,12,17H,3,6,9H2,1-2H3,(H,18,19). The monoisotopic (exact) mass is 273 g/mol. The van der Waals surface area contributed by atoms with E-state index in [1.165, 1.54) is 0 Å². The third-order valence-electron chi connectivity index (χ3n) is 3.45. The minimum atomic E-state index is -0.133. The van der Waals surface area contributed by atoms with Gasteiger partial charge in [0.15, 0.2) is 6.61 Å². The van der Waals surface area contributed by atoms with Crippen LogP contribution in [0.5, 0.6) is 5.75 Å². The second kappa shape index (κ2) is 6.40. The molecule has 0 spiro atoms. The highest BCUT2D eigenvalue weighted by atomic mass is 16.5. The molecular weight excluding hydrogens is 254 g/mol. The fraction of sp³-hybridized carbons (Fsp3) is 0.467. The molecule has 5 heteroatoms. The Bertz CT molecular complexity index is 536. The lowest BCUT2D eigenvalue weighted by Gasteiger charge is -2.23. The summed E-state index contributed by atoms with van der Waals surface area (Å²) in [5.74, 6) is 0.566. The molecule has 20 heavy (non-hydrogen) atoms. The first kappa shape index (κ1) is 14.4. The van der Waals surface area contributed by atoms with Crippen molar-refractivity contribution in [2.75, 3.05) is 11.9 Å². The number of hydrogen-bond acceptors (Lipinski definition) is 4. The smallest absolute Gasteiger partial charge is 0.262 e. The minimum Gasteiger partial charge on any atom is -0.482 e. The summed E-state index contributed by atoms with van der Waals surface area (Å²) in [5, 5.41) is 15.0. The van der Waals surface area contributed by atoms with Gasteiger partial charge in [0.2, 0.25) is 0 Å². The molecule has 2 rings (SSSR count). The van der Waals surface area contributed by atoms with Gasteiger partial charge in [-0.3, -0.25) is 4.79 Å². The van der Waals surface area contributed by atoms with Gasteiger partial charge in [-0.05, 0) is 31.0 Å². The second-order valence-electron chi connectivity index (χ2n) is 4.95. The van der Waals surface area contributed by atoms with Crippen LogP contribution in [0.3, 0.4) is 0 Å². The molecular formula is C15H19N3O2. The van der Waals surface area contributed by atoms with Crippen molar-refractivity contribution in [3.8, 4) is 11.8 Å². The van der Waals surface area contributed by atoms with E-state index >= 15 is 0 Å². The number of rotatable bonds is 5. The molecule has 2 atom stereocenters. The second-order valence-corrected chi connectivity index (χ2v) is 4.95. The number of amides is 1. The van der Waals surface area contributed by atoms with E-state index in [1.54, 1.807) is 0 Å². The predicted octanol–water partition coefficient (Wildman–Crippen LogP) is 2.36. The van der Waals surface area contributed by atoms with E-state index in [1.807, 2.05) is 25.1 Å². The number of carbonyl (C=O) groups excluding carboxylic acids is 1. The number of ether oxygens (including phenoxy) is 1. The zero-order valence-corrected chi connectivity index (χ0v) is 11.8. The van der Waals surface area contributed by atoms with E-state index in [4.69, 9.17) is 10.00 Å². The summed E-state index contributed by atoms with van der Waals surface area (Å²) in [4.78, 5) is 11.3. The molecule has 0 aliphatic carbocycles. The van der Waals surface area contributed by atoms with Gasteiger partial charge in [0.05, 0.1) is 18.2 Å². The minimum absolute atomic E-state index is 0.0697. The number of nitrogens with zero attached hydrogens (tertiary/aromatic N) is 1. The van der Waals surface area contributed by atoms with Gasteiger partial charge in [0.1, 0.15) is 5.75 Å². The number of benzene rings is 1. The molecule has 0 fully saturated rings. The molecule has 1 aliphatic rings. The maximum Gasteiger partial charge on any atom is 0.262 e. The molecule has 1 amide bonds. The molecule has 1 aromatic rings. The van der Waals surface area contributed by atoms with E-state index in [2.05, 4.69) is 23.6 Å². The zero-order valence-electron chi connectivity index (χ0n) is 11.8. The van der Waals surface area contributed by atoms with Crippen molar-refractivity contribution < 1.29 is 9.53 Å². The fourth-order valence-corrected chi connectivity index (χ4v) is 2.25. The van der Waals surface area contributed by atoms with Gasteiger partial charge in [-0.2, -0.15) is 5.26 Å². The third-order valence-corrected chi connectivity index (χ3v) is 3.45. The Morgan fingerprint density at radius 3 is 3.05 bits per heavy atom. The van der Waals surface area contributed by atoms with Crippen LogP contribution in [-0.2, 0) is 4.79 Å². The molecule has 1 heterocycles. The lowest BCUT2D eigenvalue weighted by atomic mass is 10.0. The Morgan fingerprint density at radius 1 is 1.55 bits per heavy atom. The van der Waals surface area contributed by atoms with Gasteiger partial charge < -0.3 is 15.4 Å². The molecule has 1 aromatic carbocycles. The first-order valence-corrected chi connectivity index (χ1v) is 6.83. The fourth-order valence-electron chi connectivity index (χ4n) is 2.25. The Morgan fingerprint density at radius 2 is 2.35 bits per heavy atom. The summed E-state index contributed by atoms with van der Waals surface area (Å²) < 4.78 is 5.34. The number of nitriles is 1. The molecule has 0 saturated carbocycles. The van der Waals surface area contributed by atoms with Gasteiger partial charge in [0, 0.05) is 12.1 Å². The SMILES string of the molecule is CCC(CC#N)NC(C)c1ccc2c(c1)NC(=O)CO2. The highest BCUT2D eigenvalue weighted by molar-refractivity contribution is 5.95. The van der Waals surface area contributed by atoms with Crippen molar-refractivity contribution in [2.45, 2.75) is 38.8 Å². The topological polar surface area (TPSA) is 74.2 Å². The summed E-state index contributed by atoms with van der Waals surface area (Å²) in [6.45, 7) is 4.18. The highest BCUT2D eigenvalue weighted by Gasteiger charge is 2.18. The average Bonchev–Trinajstić information content (AvgIpc) is 2.45. The summed E-state index contributed by atoms with van der Waals surface area (Å²) in [7, 11) is 0.